The number of nitrogens with zero attached hydrogens (tertiary/aromatic N) is 3. The summed E-state index contributed by atoms with van der Waals surface area (Å²) in [6, 6.07) is 9.44. The van der Waals surface area contributed by atoms with E-state index in [2.05, 4.69) is 21.3 Å². The molecule has 102 valence electrons. The van der Waals surface area contributed by atoms with Crippen molar-refractivity contribution < 1.29 is 5.11 Å². The third kappa shape index (κ3) is 2.19. The lowest BCUT2D eigenvalue weighted by Crippen LogP contribution is -2.34. The number of aromatic amines is 1. The van der Waals surface area contributed by atoms with Gasteiger partial charge < -0.3 is 5.11 Å². The average molecular weight is 268 g/mol. The topological polar surface area (TPSA) is 85.6 Å². The van der Waals surface area contributed by atoms with Crippen LogP contribution in [-0.4, -0.2) is 25.9 Å². The van der Waals surface area contributed by atoms with Gasteiger partial charge in [-0.2, -0.15) is 10.4 Å². The Morgan fingerprint density at radius 1 is 1.25 bits per heavy atom. The van der Waals surface area contributed by atoms with E-state index < -0.39 is 5.60 Å². The molecule has 3 rings (SSSR count). The standard InChI is InChI=1S/C15H16N4O/c16-9-11-3-5-12(6-4-11)13(14-17-10-18-19-14)15(20)7-1-2-8-15/h3-6,10,13,20H,1-2,7-8H2,(H,17,18,19). The molecule has 20 heavy (non-hydrogen) atoms. The summed E-state index contributed by atoms with van der Waals surface area (Å²) in [5, 5.41) is 26.6. The molecular formula is C15H16N4O. The molecule has 1 aliphatic rings. The van der Waals surface area contributed by atoms with Crippen molar-refractivity contribution in [2.75, 3.05) is 0 Å². The molecule has 0 amide bonds. The van der Waals surface area contributed by atoms with Crippen LogP contribution in [0.1, 0.15) is 48.6 Å². The fourth-order valence-electron chi connectivity index (χ4n) is 3.10. The van der Waals surface area contributed by atoms with Crippen molar-refractivity contribution in [3.05, 3.63) is 47.5 Å². The molecule has 1 saturated carbocycles. The molecule has 1 aromatic heterocycles. The van der Waals surface area contributed by atoms with Crippen LogP contribution in [0.4, 0.5) is 0 Å². The molecule has 1 fully saturated rings. The number of H-pyrrole nitrogens is 1. The number of benzene rings is 1. The Bertz CT molecular complexity index is 606. The molecule has 0 bridgehead atoms. The number of aliphatic hydroxyl groups is 1. The molecule has 2 N–H and O–H groups in total. The van der Waals surface area contributed by atoms with E-state index in [0.29, 0.717) is 11.4 Å². The molecule has 0 radical (unpaired) electrons. The Morgan fingerprint density at radius 2 is 1.95 bits per heavy atom. The van der Waals surface area contributed by atoms with Crippen LogP contribution in [0.2, 0.25) is 0 Å². The van der Waals surface area contributed by atoms with E-state index in [9.17, 15) is 5.11 Å². The number of aromatic nitrogens is 3. The highest BCUT2D eigenvalue weighted by atomic mass is 16.3. The maximum absolute atomic E-state index is 10.9. The molecule has 5 nitrogen and oxygen atoms in total. The zero-order valence-electron chi connectivity index (χ0n) is 11.1. The van der Waals surface area contributed by atoms with Crippen LogP contribution in [0.15, 0.2) is 30.6 Å². The predicted octanol–water partition coefficient (Wildman–Crippen LogP) is 2.11. The zero-order valence-corrected chi connectivity index (χ0v) is 11.1. The number of nitriles is 1. The van der Waals surface area contributed by atoms with E-state index >= 15 is 0 Å². The molecule has 1 aromatic carbocycles. The van der Waals surface area contributed by atoms with Crippen LogP contribution >= 0.6 is 0 Å². The smallest absolute Gasteiger partial charge is 0.137 e. The predicted molar refractivity (Wildman–Crippen MR) is 72.8 cm³/mol. The summed E-state index contributed by atoms with van der Waals surface area (Å²) in [7, 11) is 0. The first-order valence-electron chi connectivity index (χ1n) is 6.81. The summed E-state index contributed by atoms with van der Waals surface area (Å²) >= 11 is 0. The van der Waals surface area contributed by atoms with Crippen molar-refractivity contribution in [3.8, 4) is 6.07 Å². The van der Waals surface area contributed by atoms with Gasteiger partial charge in [-0.1, -0.05) is 25.0 Å². The molecule has 1 aliphatic carbocycles. The number of hydrogen-bond donors (Lipinski definition) is 2. The third-order valence-electron chi connectivity index (χ3n) is 4.09. The molecule has 0 saturated heterocycles. The molecule has 2 aromatic rings. The Morgan fingerprint density at radius 3 is 2.50 bits per heavy atom. The average Bonchev–Trinajstić information content (AvgIpc) is 3.12. The van der Waals surface area contributed by atoms with Gasteiger partial charge in [0, 0.05) is 0 Å². The Kier molecular flexibility index (Phi) is 3.25. The molecule has 1 atom stereocenters. The van der Waals surface area contributed by atoms with Gasteiger partial charge in [-0.25, -0.2) is 4.98 Å². The highest BCUT2D eigenvalue weighted by molar-refractivity contribution is 5.36. The van der Waals surface area contributed by atoms with E-state index in [0.717, 1.165) is 31.2 Å². The van der Waals surface area contributed by atoms with E-state index in [1.807, 2.05) is 12.1 Å². The Hall–Kier alpha value is -2.19. The zero-order chi connectivity index (χ0) is 14.0. The lowest BCUT2D eigenvalue weighted by atomic mass is 9.80. The first-order valence-corrected chi connectivity index (χ1v) is 6.81. The van der Waals surface area contributed by atoms with Crippen LogP contribution < -0.4 is 0 Å². The maximum atomic E-state index is 10.9. The van der Waals surface area contributed by atoms with Crippen molar-refractivity contribution in [1.29, 1.82) is 5.26 Å². The minimum atomic E-state index is -0.784. The Balaban J connectivity index is 2.03. The summed E-state index contributed by atoms with van der Waals surface area (Å²) in [6.45, 7) is 0. The van der Waals surface area contributed by atoms with Gasteiger partial charge in [-0.05, 0) is 30.5 Å². The number of hydrogen-bond acceptors (Lipinski definition) is 4. The fraction of sp³-hybridized carbons (Fsp3) is 0.400. The quantitative estimate of drug-likeness (QED) is 0.892. The summed E-state index contributed by atoms with van der Waals surface area (Å²) in [6.07, 6.45) is 5.04. The monoisotopic (exact) mass is 268 g/mol. The summed E-state index contributed by atoms with van der Waals surface area (Å²) in [4.78, 5) is 4.23. The lowest BCUT2D eigenvalue weighted by Gasteiger charge is -2.31. The summed E-state index contributed by atoms with van der Waals surface area (Å²) < 4.78 is 0. The molecule has 0 aliphatic heterocycles. The fourth-order valence-corrected chi connectivity index (χ4v) is 3.10. The lowest BCUT2D eigenvalue weighted by molar-refractivity contribution is 0.0284. The second-order valence-corrected chi connectivity index (χ2v) is 5.35. The molecule has 1 heterocycles. The van der Waals surface area contributed by atoms with Gasteiger partial charge in [0.15, 0.2) is 0 Å². The van der Waals surface area contributed by atoms with Crippen molar-refractivity contribution >= 4 is 0 Å². The van der Waals surface area contributed by atoms with Crippen LogP contribution in [-0.2, 0) is 0 Å². The van der Waals surface area contributed by atoms with E-state index in [4.69, 9.17) is 5.26 Å². The van der Waals surface area contributed by atoms with Crippen molar-refractivity contribution in [2.45, 2.75) is 37.2 Å². The van der Waals surface area contributed by atoms with Gasteiger partial charge in [0.2, 0.25) is 0 Å². The Labute approximate surface area is 117 Å². The van der Waals surface area contributed by atoms with E-state index in [1.54, 1.807) is 12.1 Å². The minimum absolute atomic E-state index is 0.222. The largest absolute Gasteiger partial charge is 0.389 e. The van der Waals surface area contributed by atoms with Crippen molar-refractivity contribution in [1.82, 2.24) is 15.2 Å². The van der Waals surface area contributed by atoms with Crippen LogP contribution in [0.5, 0.6) is 0 Å². The van der Waals surface area contributed by atoms with Crippen LogP contribution in [0.3, 0.4) is 0 Å². The number of nitrogens with one attached hydrogen (secondary N) is 1. The van der Waals surface area contributed by atoms with Crippen LogP contribution in [0, 0.1) is 11.3 Å². The van der Waals surface area contributed by atoms with Crippen molar-refractivity contribution in [3.63, 3.8) is 0 Å². The van der Waals surface area contributed by atoms with E-state index in [1.165, 1.54) is 6.33 Å². The first-order chi connectivity index (χ1) is 9.73. The summed E-state index contributed by atoms with van der Waals surface area (Å²) in [5.41, 5.74) is 0.793. The second-order valence-electron chi connectivity index (χ2n) is 5.35. The molecular weight excluding hydrogens is 252 g/mol. The SMILES string of the molecule is N#Cc1ccc(C(c2ncn[nH]2)C2(O)CCCC2)cc1. The van der Waals surface area contributed by atoms with Gasteiger partial charge >= 0.3 is 0 Å². The normalized spacial score (nSPS) is 18.6. The van der Waals surface area contributed by atoms with Gasteiger partial charge in [0.25, 0.3) is 0 Å². The molecule has 0 spiro atoms. The highest BCUT2D eigenvalue weighted by Crippen LogP contribution is 2.43. The molecule has 1 unspecified atom stereocenters. The third-order valence-corrected chi connectivity index (χ3v) is 4.09. The number of rotatable bonds is 3. The summed E-state index contributed by atoms with van der Waals surface area (Å²) in [5.74, 6) is 0.458. The highest BCUT2D eigenvalue weighted by Gasteiger charge is 2.42. The maximum Gasteiger partial charge on any atom is 0.137 e. The minimum Gasteiger partial charge on any atom is -0.389 e. The second kappa shape index (κ2) is 5.06. The first kappa shape index (κ1) is 12.8. The van der Waals surface area contributed by atoms with Gasteiger partial charge in [0.05, 0.1) is 23.2 Å². The van der Waals surface area contributed by atoms with Gasteiger partial charge in [-0.15, -0.1) is 0 Å². The van der Waals surface area contributed by atoms with Crippen LogP contribution in [0.25, 0.3) is 0 Å². The van der Waals surface area contributed by atoms with Crippen molar-refractivity contribution in [2.24, 2.45) is 0 Å². The van der Waals surface area contributed by atoms with Gasteiger partial charge in [0.1, 0.15) is 12.2 Å². The van der Waals surface area contributed by atoms with E-state index in [-0.39, 0.29) is 5.92 Å². The van der Waals surface area contributed by atoms with Gasteiger partial charge in [-0.3, -0.25) is 5.10 Å². The molecule has 5 heteroatoms.